The number of aromatic nitrogens is 1. The van der Waals surface area contributed by atoms with E-state index < -0.39 is 48.0 Å². The lowest BCUT2D eigenvalue weighted by atomic mass is 10.0. The number of carboxylic acid groups (broad SMARTS) is 1. The van der Waals surface area contributed by atoms with Crippen molar-refractivity contribution < 1.29 is 43.3 Å². The Morgan fingerprint density at radius 2 is 1.51 bits per heavy atom. The van der Waals surface area contributed by atoms with Crippen LogP contribution in [0.3, 0.4) is 0 Å². The monoisotopic (exact) mass is 510 g/mol. The molecule has 1 aromatic heterocycles. The molecule has 0 bridgehead atoms. The molecule has 0 aliphatic carbocycles. The fraction of sp³-hybridized carbons (Fsp3) is 0.269. The Labute approximate surface area is 211 Å². The van der Waals surface area contributed by atoms with Gasteiger partial charge in [-0.25, -0.2) is 9.59 Å². The van der Waals surface area contributed by atoms with Crippen molar-refractivity contribution in [1.82, 2.24) is 10.3 Å². The van der Waals surface area contributed by atoms with Crippen LogP contribution in [-0.4, -0.2) is 58.1 Å². The predicted molar refractivity (Wildman–Crippen MR) is 129 cm³/mol. The van der Waals surface area contributed by atoms with Crippen LogP contribution in [0.4, 0.5) is 0 Å². The molecule has 3 N–H and O–H groups in total. The Morgan fingerprint density at radius 1 is 0.892 bits per heavy atom. The van der Waals surface area contributed by atoms with Gasteiger partial charge in [0.1, 0.15) is 12.6 Å². The number of carbonyl (C=O) groups excluding carboxylic acids is 4. The number of aliphatic carboxylic acids is 1. The van der Waals surface area contributed by atoms with Crippen LogP contribution in [0.25, 0.3) is 10.9 Å². The number of rotatable bonds is 11. The first-order chi connectivity index (χ1) is 17.7. The second kappa shape index (κ2) is 12.3. The molecule has 0 unspecified atom stereocenters. The first-order valence-electron chi connectivity index (χ1n) is 11.3. The Morgan fingerprint density at radius 3 is 2.16 bits per heavy atom. The summed E-state index contributed by atoms with van der Waals surface area (Å²) < 4.78 is 15.0. The highest BCUT2D eigenvalue weighted by molar-refractivity contribution is 5.93. The van der Waals surface area contributed by atoms with Crippen LogP contribution in [0.5, 0.6) is 0 Å². The molecule has 1 heterocycles. The maximum atomic E-state index is 13.1. The van der Waals surface area contributed by atoms with Crippen LogP contribution in [0.2, 0.25) is 0 Å². The average Bonchev–Trinajstić information content (AvgIpc) is 3.27. The second-order valence-electron chi connectivity index (χ2n) is 8.12. The summed E-state index contributed by atoms with van der Waals surface area (Å²) in [5.41, 5.74) is 2.20. The molecule has 194 valence electrons. The number of ether oxygens (including phenoxy) is 3. The first kappa shape index (κ1) is 26.9. The normalized spacial score (nSPS) is 13.1. The zero-order chi connectivity index (χ0) is 26.9. The maximum Gasteiger partial charge on any atom is 0.349 e. The van der Waals surface area contributed by atoms with E-state index in [4.69, 9.17) is 14.2 Å². The van der Waals surface area contributed by atoms with Crippen LogP contribution in [0.15, 0.2) is 60.8 Å². The number of hydrogen-bond acceptors (Lipinski definition) is 8. The van der Waals surface area contributed by atoms with Gasteiger partial charge < -0.3 is 29.6 Å². The number of amides is 1. The molecule has 3 rings (SSSR count). The number of carboxylic acids is 1. The summed E-state index contributed by atoms with van der Waals surface area (Å²) in [4.78, 5) is 64.0. The molecule has 0 fully saturated rings. The lowest BCUT2D eigenvalue weighted by Gasteiger charge is -2.25. The number of aromatic amines is 1. The summed E-state index contributed by atoms with van der Waals surface area (Å²) in [5, 5.41) is 12.7. The molecule has 0 spiro atoms. The third-order valence-corrected chi connectivity index (χ3v) is 5.29. The number of esters is 3. The van der Waals surface area contributed by atoms with Crippen LogP contribution in [-0.2, 0) is 51.2 Å². The van der Waals surface area contributed by atoms with Crippen molar-refractivity contribution in [3.8, 4) is 0 Å². The number of para-hydroxylation sites is 1. The van der Waals surface area contributed by atoms with E-state index in [1.807, 2.05) is 30.3 Å². The van der Waals surface area contributed by atoms with Gasteiger partial charge in [0.15, 0.2) is 0 Å². The summed E-state index contributed by atoms with van der Waals surface area (Å²) in [5.74, 6) is -5.65. The van der Waals surface area contributed by atoms with Gasteiger partial charge in [-0.15, -0.1) is 0 Å². The molecule has 3 aromatic rings. The third-order valence-electron chi connectivity index (χ3n) is 5.29. The Balaban J connectivity index is 1.87. The van der Waals surface area contributed by atoms with Crippen molar-refractivity contribution in [2.75, 3.05) is 0 Å². The van der Waals surface area contributed by atoms with Gasteiger partial charge in [-0.05, 0) is 17.2 Å². The van der Waals surface area contributed by atoms with Crippen LogP contribution >= 0.6 is 0 Å². The SMILES string of the molecule is CC(=O)O[C@H](C(=O)O)[C@H](OC(C)=O)C(=O)N[C@@H](Cc1c[nH]c2ccccc12)C(=O)OCc1ccccc1. The van der Waals surface area contributed by atoms with Gasteiger partial charge in [-0.1, -0.05) is 48.5 Å². The van der Waals surface area contributed by atoms with Gasteiger partial charge in [0, 0.05) is 37.4 Å². The number of nitrogens with one attached hydrogen (secondary N) is 2. The maximum absolute atomic E-state index is 13.1. The first-order valence-corrected chi connectivity index (χ1v) is 11.3. The fourth-order valence-electron chi connectivity index (χ4n) is 3.65. The lowest BCUT2D eigenvalue weighted by Crippen LogP contribution is -2.54. The number of benzene rings is 2. The van der Waals surface area contributed by atoms with E-state index in [0.717, 1.165) is 24.8 Å². The summed E-state index contributed by atoms with van der Waals surface area (Å²) in [6, 6.07) is 14.9. The van der Waals surface area contributed by atoms with E-state index in [1.54, 1.807) is 30.5 Å². The molecule has 0 saturated carbocycles. The molecular weight excluding hydrogens is 484 g/mol. The molecule has 0 aliphatic heterocycles. The molecule has 0 saturated heterocycles. The van der Waals surface area contributed by atoms with E-state index in [2.05, 4.69) is 10.3 Å². The van der Waals surface area contributed by atoms with E-state index in [0.29, 0.717) is 11.1 Å². The highest BCUT2D eigenvalue weighted by atomic mass is 16.6. The van der Waals surface area contributed by atoms with Crippen molar-refractivity contribution in [3.63, 3.8) is 0 Å². The molecule has 3 atom stereocenters. The Kier molecular flexibility index (Phi) is 8.98. The van der Waals surface area contributed by atoms with Crippen molar-refractivity contribution in [2.45, 2.75) is 45.1 Å². The van der Waals surface area contributed by atoms with Gasteiger partial charge in [0.25, 0.3) is 5.91 Å². The molecule has 1 amide bonds. The number of H-pyrrole nitrogens is 1. The quantitative estimate of drug-likeness (QED) is 0.258. The summed E-state index contributed by atoms with van der Waals surface area (Å²) in [7, 11) is 0. The average molecular weight is 510 g/mol. The van der Waals surface area contributed by atoms with Crippen molar-refractivity contribution >= 4 is 40.7 Å². The summed E-state index contributed by atoms with van der Waals surface area (Å²) in [6.07, 6.45) is -2.53. The molecule has 11 heteroatoms. The highest BCUT2D eigenvalue weighted by Gasteiger charge is 2.41. The lowest BCUT2D eigenvalue weighted by molar-refractivity contribution is -0.181. The van der Waals surface area contributed by atoms with E-state index >= 15 is 0 Å². The van der Waals surface area contributed by atoms with Crippen molar-refractivity contribution in [1.29, 1.82) is 0 Å². The number of hydrogen-bond donors (Lipinski definition) is 3. The molecule has 37 heavy (non-hydrogen) atoms. The summed E-state index contributed by atoms with van der Waals surface area (Å²) in [6.45, 7) is 1.84. The van der Waals surface area contributed by atoms with Crippen LogP contribution in [0.1, 0.15) is 25.0 Å². The van der Waals surface area contributed by atoms with E-state index in [9.17, 15) is 29.1 Å². The molecule has 0 aliphatic rings. The zero-order valence-electron chi connectivity index (χ0n) is 20.1. The topological polar surface area (TPSA) is 161 Å². The minimum atomic E-state index is -2.13. The third kappa shape index (κ3) is 7.40. The molecule has 0 radical (unpaired) electrons. The van der Waals surface area contributed by atoms with Gasteiger partial charge >= 0.3 is 23.9 Å². The standard InChI is InChI=1S/C26H26N2O9/c1-15(29)36-22(23(25(32)33)37-16(2)30)24(31)28-21(26(34)35-14-17-8-4-3-5-9-17)12-18-13-27-20-11-7-6-10-19(18)20/h3-11,13,21-23,27H,12,14H2,1-2H3,(H,28,31)(H,32,33)/t21-,22-,23-/m0/s1. The number of carbonyl (C=O) groups is 5. The largest absolute Gasteiger partial charge is 0.478 e. The van der Waals surface area contributed by atoms with E-state index in [1.165, 1.54) is 0 Å². The predicted octanol–water partition coefficient (Wildman–Crippen LogP) is 1.89. The second-order valence-corrected chi connectivity index (χ2v) is 8.12. The molecule has 2 aromatic carbocycles. The molecular formula is C26H26N2O9. The van der Waals surface area contributed by atoms with Gasteiger partial charge in [-0.3, -0.25) is 14.4 Å². The minimum absolute atomic E-state index is 0.0263. The fourth-order valence-corrected chi connectivity index (χ4v) is 3.65. The van der Waals surface area contributed by atoms with Crippen molar-refractivity contribution in [2.24, 2.45) is 0 Å². The Bertz CT molecular complexity index is 1290. The minimum Gasteiger partial charge on any atom is -0.478 e. The van der Waals surface area contributed by atoms with Crippen LogP contribution < -0.4 is 5.32 Å². The number of fused-ring (bicyclic) bond motifs is 1. The smallest absolute Gasteiger partial charge is 0.349 e. The summed E-state index contributed by atoms with van der Waals surface area (Å²) >= 11 is 0. The van der Waals surface area contributed by atoms with Gasteiger partial charge in [0.05, 0.1) is 0 Å². The molecule has 11 nitrogen and oxygen atoms in total. The zero-order valence-corrected chi connectivity index (χ0v) is 20.1. The van der Waals surface area contributed by atoms with Crippen molar-refractivity contribution in [3.05, 3.63) is 71.9 Å². The van der Waals surface area contributed by atoms with E-state index in [-0.39, 0.29) is 13.0 Å². The highest BCUT2D eigenvalue weighted by Crippen LogP contribution is 2.20. The van der Waals surface area contributed by atoms with Gasteiger partial charge in [0.2, 0.25) is 12.2 Å². The van der Waals surface area contributed by atoms with Crippen LogP contribution in [0, 0.1) is 0 Å². The Hall–Kier alpha value is -4.67. The van der Waals surface area contributed by atoms with Gasteiger partial charge in [-0.2, -0.15) is 0 Å².